The molecule has 2 heterocycles. The van der Waals surface area contributed by atoms with Crippen LogP contribution in [0, 0.1) is 0 Å². The SMILES string of the molecule is CC1(C)Cc2cccc(C3=NOC(CO)C3)c2O1. The zero-order chi connectivity index (χ0) is 12.8. The number of hydrogen-bond donors (Lipinski definition) is 1. The van der Waals surface area contributed by atoms with E-state index in [-0.39, 0.29) is 18.3 Å². The Morgan fingerprint density at radius 1 is 1.44 bits per heavy atom. The van der Waals surface area contributed by atoms with Gasteiger partial charge in [-0.3, -0.25) is 0 Å². The van der Waals surface area contributed by atoms with Crippen LogP contribution in [0.15, 0.2) is 23.4 Å². The van der Waals surface area contributed by atoms with Crippen molar-refractivity contribution < 1.29 is 14.7 Å². The van der Waals surface area contributed by atoms with Crippen LogP contribution >= 0.6 is 0 Å². The number of fused-ring (bicyclic) bond motifs is 1. The Kier molecular flexibility index (Phi) is 2.55. The van der Waals surface area contributed by atoms with Gasteiger partial charge < -0.3 is 14.7 Å². The van der Waals surface area contributed by atoms with Gasteiger partial charge in [0.15, 0.2) is 6.10 Å². The van der Waals surface area contributed by atoms with Gasteiger partial charge in [0.05, 0.1) is 12.3 Å². The first kappa shape index (κ1) is 11.5. The number of benzene rings is 1. The van der Waals surface area contributed by atoms with Gasteiger partial charge in [0.2, 0.25) is 0 Å². The number of oxime groups is 1. The Hall–Kier alpha value is -1.55. The lowest BCUT2D eigenvalue weighted by molar-refractivity contribution is 0.0390. The molecular weight excluding hydrogens is 230 g/mol. The number of aliphatic hydroxyl groups is 1. The lowest BCUT2D eigenvalue weighted by Gasteiger charge is -2.18. The third kappa shape index (κ3) is 1.86. The van der Waals surface area contributed by atoms with E-state index >= 15 is 0 Å². The molecule has 0 aliphatic carbocycles. The maximum atomic E-state index is 9.08. The molecule has 4 heteroatoms. The minimum atomic E-state index is -0.217. The highest BCUT2D eigenvalue weighted by Crippen LogP contribution is 2.38. The Balaban J connectivity index is 1.94. The fraction of sp³-hybridized carbons (Fsp3) is 0.500. The number of ether oxygens (including phenoxy) is 1. The summed E-state index contributed by atoms with van der Waals surface area (Å²) in [4.78, 5) is 5.16. The van der Waals surface area contributed by atoms with Crippen molar-refractivity contribution in [1.82, 2.24) is 0 Å². The number of rotatable bonds is 2. The molecule has 2 aliphatic heterocycles. The zero-order valence-corrected chi connectivity index (χ0v) is 10.6. The first-order chi connectivity index (χ1) is 8.59. The second-order valence-electron chi connectivity index (χ2n) is 5.48. The van der Waals surface area contributed by atoms with Crippen LogP contribution in [-0.4, -0.2) is 29.1 Å². The molecule has 1 aromatic rings. The molecule has 0 saturated heterocycles. The molecule has 0 bridgehead atoms. The highest BCUT2D eigenvalue weighted by Gasteiger charge is 2.34. The molecule has 1 N–H and O–H groups in total. The maximum Gasteiger partial charge on any atom is 0.156 e. The lowest BCUT2D eigenvalue weighted by atomic mass is 9.98. The second kappa shape index (κ2) is 3.99. The van der Waals surface area contributed by atoms with Crippen LogP contribution in [0.5, 0.6) is 5.75 Å². The molecule has 1 atom stereocenters. The molecule has 0 amide bonds. The van der Waals surface area contributed by atoms with Crippen LogP contribution in [-0.2, 0) is 11.3 Å². The van der Waals surface area contributed by atoms with Gasteiger partial charge in [-0.05, 0) is 25.5 Å². The zero-order valence-electron chi connectivity index (χ0n) is 10.6. The first-order valence-corrected chi connectivity index (χ1v) is 6.24. The quantitative estimate of drug-likeness (QED) is 0.868. The number of nitrogens with zero attached hydrogens (tertiary/aromatic N) is 1. The van der Waals surface area contributed by atoms with Crippen LogP contribution < -0.4 is 4.74 Å². The molecule has 1 aromatic carbocycles. The monoisotopic (exact) mass is 247 g/mol. The molecule has 4 nitrogen and oxygen atoms in total. The third-order valence-electron chi connectivity index (χ3n) is 3.34. The summed E-state index contributed by atoms with van der Waals surface area (Å²) in [5, 5.41) is 13.1. The lowest BCUT2D eigenvalue weighted by Crippen LogP contribution is -2.25. The highest BCUT2D eigenvalue weighted by atomic mass is 16.6. The third-order valence-corrected chi connectivity index (χ3v) is 3.34. The summed E-state index contributed by atoms with van der Waals surface area (Å²) in [5.41, 5.74) is 2.92. The Bertz CT molecular complexity index is 508. The molecule has 1 unspecified atom stereocenters. The van der Waals surface area contributed by atoms with E-state index in [0.717, 1.165) is 23.4 Å². The molecule has 3 rings (SSSR count). The van der Waals surface area contributed by atoms with Gasteiger partial charge >= 0.3 is 0 Å². The van der Waals surface area contributed by atoms with Gasteiger partial charge in [0.1, 0.15) is 11.4 Å². The highest BCUT2D eigenvalue weighted by molar-refractivity contribution is 6.04. The Morgan fingerprint density at radius 2 is 2.28 bits per heavy atom. The van der Waals surface area contributed by atoms with E-state index in [2.05, 4.69) is 25.1 Å². The van der Waals surface area contributed by atoms with Gasteiger partial charge in [-0.1, -0.05) is 17.3 Å². The van der Waals surface area contributed by atoms with E-state index in [1.54, 1.807) is 0 Å². The molecule has 0 radical (unpaired) electrons. The summed E-state index contributed by atoms with van der Waals surface area (Å²) < 4.78 is 6.01. The fourth-order valence-corrected chi connectivity index (χ4v) is 2.53. The van der Waals surface area contributed by atoms with Gasteiger partial charge in [-0.15, -0.1) is 0 Å². The summed E-state index contributed by atoms with van der Waals surface area (Å²) in [7, 11) is 0. The molecular formula is C14H17NO3. The predicted molar refractivity (Wildman–Crippen MR) is 68.0 cm³/mol. The van der Waals surface area contributed by atoms with Gasteiger partial charge in [0.25, 0.3) is 0 Å². The number of aliphatic hydroxyl groups excluding tert-OH is 1. The van der Waals surface area contributed by atoms with Crippen molar-refractivity contribution in [1.29, 1.82) is 0 Å². The number of hydrogen-bond acceptors (Lipinski definition) is 4. The summed E-state index contributed by atoms with van der Waals surface area (Å²) in [6, 6.07) is 6.11. The van der Waals surface area contributed by atoms with Crippen molar-refractivity contribution in [3.05, 3.63) is 29.3 Å². The molecule has 2 aliphatic rings. The van der Waals surface area contributed by atoms with Crippen LogP contribution in [0.4, 0.5) is 0 Å². The molecule has 18 heavy (non-hydrogen) atoms. The largest absolute Gasteiger partial charge is 0.487 e. The second-order valence-corrected chi connectivity index (χ2v) is 5.48. The van der Waals surface area contributed by atoms with E-state index in [4.69, 9.17) is 14.7 Å². The summed E-state index contributed by atoms with van der Waals surface area (Å²) in [5.74, 6) is 0.920. The maximum absolute atomic E-state index is 9.08. The van der Waals surface area contributed by atoms with Gasteiger partial charge in [-0.2, -0.15) is 0 Å². The molecule has 0 saturated carbocycles. The first-order valence-electron chi connectivity index (χ1n) is 6.24. The van der Waals surface area contributed by atoms with E-state index in [9.17, 15) is 0 Å². The van der Waals surface area contributed by atoms with Crippen molar-refractivity contribution >= 4 is 5.71 Å². The average Bonchev–Trinajstić information content (AvgIpc) is 2.89. The van der Waals surface area contributed by atoms with Crippen LogP contribution in [0.1, 0.15) is 31.4 Å². The van der Waals surface area contributed by atoms with Gasteiger partial charge in [0, 0.05) is 18.4 Å². The predicted octanol–water partition coefficient (Wildman–Crippen LogP) is 1.89. The number of para-hydroxylation sites is 1. The topological polar surface area (TPSA) is 51.0 Å². The Labute approximate surface area is 106 Å². The molecule has 0 aromatic heterocycles. The van der Waals surface area contributed by atoms with Crippen molar-refractivity contribution in [3.63, 3.8) is 0 Å². The van der Waals surface area contributed by atoms with Crippen molar-refractivity contribution in [3.8, 4) is 5.75 Å². The summed E-state index contributed by atoms with van der Waals surface area (Å²) >= 11 is 0. The average molecular weight is 247 g/mol. The van der Waals surface area contributed by atoms with E-state index in [0.29, 0.717) is 6.42 Å². The molecule has 0 fully saturated rings. The van der Waals surface area contributed by atoms with Crippen molar-refractivity contribution in [2.45, 2.75) is 38.4 Å². The summed E-state index contributed by atoms with van der Waals surface area (Å²) in [6.45, 7) is 4.16. The van der Waals surface area contributed by atoms with Crippen LogP contribution in [0.3, 0.4) is 0 Å². The standard InChI is InChI=1S/C14H17NO3/c1-14(2)7-9-4-3-5-11(13(9)17-14)12-6-10(8-16)18-15-12/h3-5,10,16H,6-8H2,1-2H3. The van der Waals surface area contributed by atoms with Crippen molar-refractivity contribution in [2.75, 3.05) is 6.61 Å². The summed E-state index contributed by atoms with van der Waals surface area (Å²) in [6.07, 6.45) is 1.33. The normalized spacial score (nSPS) is 24.2. The smallest absolute Gasteiger partial charge is 0.156 e. The fourth-order valence-electron chi connectivity index (χ4n) is 2.53. The van der Waals surface area contributed by atoms with E-state index in [1.165, 1.54) is 5.56 Å². The van der Waals surface area contributed by atoms with Gasteiger partial charge in [-0.25, -0.2) is 0 Å². The Morgan fingerprint density at radius 3 is 3.00 bits per heavy atom. The van der Waals surface area contributed by atoms with Crippen LogP contribution in [0.25, 0.3) is 0 Å². The minimum Gasteiger partial charge on any atom is -0.487 e. The van der Waals surface area contributed by atoms with E-state index < -0.39 is 0 Å². The van der Waals surface area contributed by atoms with Crippen LogP contribution in [0.2, 0.25) is 0 Å². The molecule has 0 spiro atoms. The van der Waals surface area contributed by atoms with Crippen molar-refractivity contribution in [2.24, 2.45) is 5.16 Å². The molecule has 96 valence electrons. The van der Waals surface area contributed by atoms with E-state index in [1.807, 2.05) is 12.1 Å². The minimum absolute atomic E-state index is 0.00558.